The molecule has 22 heavy (non-hydrogen) atoms. The van der Waals surface area contributed by atoms with Gasteiger partial charge >= 0.3 is 6.03 Å². The average Bonchev–Trinajstić information content (AvgIpc) is 3.00. The molecule has 0 bridgehead atoms. The molecule has 0 saturated carbocycles. The van der Waals surface area contributed by atoms with E-state index in [1.54, 1.807) is 12.3 Å². The number of carbonyl (C=O) groups is 1. The van der Waals surface area contributed by atoms with E-state index >= 15 is 0 Å². The molecule has 0 atom stereocenters. The van der Waals surface area contributed by atoms with Crippen molar-refractivity contribution in [1.82, 2.24) is 10.6 Å². The van der Waals surface area contributed by atoms with E-state index in [9.17, 15) is 4.79 Å². The zero-order valence-corrected chi connectivity index (χ0v) is 13.3. The van der Waals surface area contributed by atoms with E-state index in [-0.39, 0.29) is 6.03 Å². The van der Waals surface area contributed by atoms with Gasteiger partial charge in [-0.2, -0.15) is 0 Å². The molecule has 0 radical (unpaired) electrons. The van der Waals surface area contributed by atoms with Gasteiger partial charge in [-0.25, -0.2) is 4.79 Å². The summed E-state index contributed by atoms with van der Waals surface area (Å²) < 4.78 is 5.35. The summed E-state index contributed by atoms with van der Waals surface area (Å²) in [6, 6.07) is 11.4. The molecule has 4 nitrogen and oxygen atoms in total. The van der Waals surface area contributed by atoms with Crippen molar-refractivity contribution in [3.8, 4) is 0 Å². The summed E-state index contributed by atoms with van der Waals surface area (Å²) in [7, 11) is 0. The number of rotatable bonds is 5. The van der Waals surface area contributed by atoms with Crippen LogP contribution >= 0.6 is 0 Å². The number of furan rings is 1. The zero-order chi connectivity index (χ0) is 16.2. The highest BCUT2D eigenvalue weighted by molar-refractivity contribution is 5.74. The maximum atomic E-state index is 12.0. The molecule has 0 aliphatic rings. The van der Waals surface area contributed by atoms with E-state index in [4.69, 9.17) is 4.42 Å². The molecule has 1 heterocycles. The van der Waals surface area contributed by atoms with Crippen LogP contribution in [0.25, 0.3) is 5.57 Å². The second kappa shape index (κ2) is 6.52. The highest BCUT2D eigenvalue weighted by atomic mass is 16.3. The molecule has 0 unspecified atom stereocenters. The molecule has 4 heteroatoms. The predicted octanol–water partition coefficient (Wildman–Crippen LogP) is 4.05. The fourth-order valence-corrected chi connectivity index (χ4v) is 2.11. The molecule has 0 aliphatic carbocycles. The van der Waals surface area contributed by atoms with Crippen molar-refractivity contribution in [2.45, 2.75) is 32.9 Å². The molecular formula is C18H22N2O2. The second-order valence-electron chi connectivity index (χ2n) is 5.89. The lowest BCUT2D eigenvalue weighted by molar-refractivity contribution is 0.224. The van der Waals surface area contributed by atoms with Gasteiger partial charge in [-0.1, -0.05) is 36.4 Å². The summed E-state index contributed by atoms with van der Waals surface area (Å²) in [4.78, 5) is 12.0. The average molecular weight is 298 g/mol. The maximum absolute atomic E-state index is 12.0. The third kappa shape index (κ3) is 4.01. The fraction of sp³-hybridized carbons (Fsp3) is 0.278. The smallest absolute Gasteiger partial charge is 0.315 e. The largest absolute Gasteiger partial charge is 0.467 e. The van der Waals surface area contributed by atoms with E-state index in [0.717, 1.165) is 16.7 Å². The normalized spacial score (nSPS) is 11.0. The van der Waals surface area contributed by atoms with Crippen LogP contribution < -0.4 is 10.6 Å². The van der Waals surface area contributed by atoms with Gasteiger partial charge in [0, 0.05) is 6.54 Å². The molecule has 0 saturated heterocycles. The van der Waals surface area contributed by atoms with Crippen LogP contribution in [0.15, 0.2) is 53.7 Å². The first-order valence-electron chi connectivity index (χ1n) is 7.23. The number of allylic oxidation sites excluding steroid dienone is 1. The van der Waals surface area contributed by atoms with Crippen LogP contribution in [0.1, 0.15) is 37.7 Å². The SMILES string of the molecule is C=C(C)c1ccc(CNC(=O)NC(C)(C)c2ccco2)cc1. The minimum absolute atomic E-state index is 0.231. The predicted molar refractivity (Wildman–Crippen MR) is 88.3 cm³/mol. The van der Waals surface area contributed by atoms with Crippen LogP contribution in [0, 0.1) is 0 Å². The number of amides is 2. The van der Waals surface area contributed by atoms with Gasteiger partial charge in [0.25, 0.3) is 0 Å². The molecule has 0 fully saturated rings. The summed E-state index contributed by atoms with van der Waals surface area (Å²) in [5.74, 6) is 0.716. The van der Waals surface area contributed by atoms with Crippen molar-refractivity contribution in [3.63, 3.8) is 0 Å². The van der Waals surface area contributed by atoms with Gasteiger partial charge in [-0.05, 0) is 44.0 Å². The molecule has 0 spiro atoms. The molecule has 1 aromatic carbocycles. The molecule has 2 rings (SSSR count). The third-order valence-electron chi connectivity index (χ3n) is 3.46. The second-order valence-corrected chi connectivity index (χ2v) is 5.89. The van der Waals surface area contributed by atoms with Gasteiger partial charge in [0.05, 0.1) is 11.8 Å². The van der Waals surface area contributed by atoms with Crippen LogP contribution in [0.3, 0.4) is 0 Å². The molecule has 2 amide bonds. The minimum atomic E-state index is -0.558. The van der Waals surface area contributed by atoms with Crippen molar-refractivity contribution < 1.29 is 9.21 Å². The van der Waals surface area contributed by atoms with Crippen molar-refractivity contribution in [2.75, 3.05) is 0 Å². The van der Waals surface area contributed by atoms with Crippen LogP contribution in [0.2, 0.25) is 0 Å². The van der Waals surface area contributed by atoms with Crippen LogP contribution in [0.5, 0.6) is 0 Å². The van der Waals surface area contributed by atoms with Crippen LogP contribution in [0.4, 0.5) is 4.79 Å². The van der Waals surface area contributed by atoms with Crippen molar-refractivity contribution in [2.24, 2.45) is 0 Å². The Hall–Kier alpha value is -2.49. The molecule has 1 aromatic heterocycles. The summed E-state index contributed by atoms with van der Waals surface area (Å²) in [5.41, 5.74) is 2.61. The van der Waals surface area contributed by atoms with E-state index < -0.39 is 5.54 Å². The van der Waals surface area contributed by atoms with Crippen LogP contribution in [-0.2, 0) is 12.1 Å². The topological polar surface area (TPSA) is 54.3 Å². The van der Waals surface area contributed by atoms with Gasteiger partial charge in [0.1, 0.15) is 5.76 Å². The number of hydrogen-bond acceptors (Lipinski definition) is 2. The fourth-order valence-electron chi connectivity index (χ4n) is 2.11. The molecule has 0 aliphatic heterocycles. The lowest BCUT2D eigenvalue weighted by Gasteiger charge is -2.24. The minimum Gasteiger partial charge on any atom is -0.467 e. The highest BCUT2D eigenvalue weighted by Gasteiger charge is 2.25. The first-order valence-corrected chi connectivity index (χ1v) is 7.23. The Balaban J connectivity index is 1.89. The maximum Gasteiger partial charge on any atom is 0.315 e. The van der Waals surface area contributed by atoms with Gasteiger partial charge < -0.3 is 15.1 Å². The number of hydrogen-bond donors (Lipinski definition) is 2. The Morgan fingerprint density at radius 3 is 2.45 bits per heavy atom. The third-order valence-corrected chi connectivity index (χ3v) is 3.46. The molecule has 2 aromatic rings. The zero-order valence-electron chi connectivity index (χ0n) is 13.3. The molecular weight excluding hydrogens is 276 g/mol. The Labute approximate surface area is 131 Å². The van der Waals surface area contributed by atoms with Crippen LogP contribution in [-0.4, -0.2) is 6.03 Å². The lowest BCUT2D eigenvalue weighted by atomic mass is 10.0. The van der Waals surface area contributed by atoms with Gasteiger partial charge in [0.15, 0.2) is 0 Å². The quantitative estimate of drug-likeness (QED) is 0.875. The Morgan fingerprint density at radius 2 is 1.91 bits per heavy atom. The number of carbonyl (C=O) groups excluding carboxylic acids is 1. The van der Waals surface area contributed by atoms with E-state index in [0.29, 0.717) is 12.3 Å². The monoisotopic (exact) mass is 298 g/mol. The molecule has 2 N–H and O–H groups in total. The lowest BCUT2D eigenvalue weighted by Crippen LogP contribution is -2.46. The van der Waals surface area contributed by atoms with E-state index in [1.165, 1.54) is 0 Å². The van der Waals surface area contributed by atoms with Gasteiger partial charge in [-0.15, -0.1) is 0 Å². The highest BCUT2D eigenvalue weighted by Crippen LogP contribution is 2.20. The van der Waals surface area contributed by atoms with E-state index in [1.807, 2.05) is 51.1 Å². The Kier molecular flexibility index (Phi) is 4.71. The number of nitrogens with one attached hydrogen (secondary N) is 2. The summed E-state index contributed by atoms with van der Waals surface area (Å²) in [6.45, 7) is 10.1. The number of urea groups is 1. The standard InChI is InChI=1S/C18H22N2O2/c1-13(2)15-9-7-14(8-10-15)12-19-17(21)20-18(3,4)16-6-5-11-22-16/h5-11H,1,12H2,2-4H3,(H2,19,20,21). The summed E-state index contributed by atoms with van der Waals surface area (Å²) in [5, 5.41) is 5.75. The first kappa shape index (κ1) is 15.9. The summed E-state index contributed by atoms with van der Waals surface area (Å²) >= 11 is 0. The van der Waals surface area contributed by atoms with Crippen molar-refractivity contribution in [3.05, 3.63) is 66.1 Å². The van der Waals surface area contributed by atoms with Gasteiger partial charge in [-0.3, -0.25) is 0 Å². The molecule has 116 valence electrons. The Morgan fingerprint density at radius 1 is 1.23 bits per heavy atom. The van der Waals surface area contributed by atoms with Gasteiger partial charge in [0.2, 0.25) is 0 Å². The van der Waals surface area contributed by atoms with Crippen molar-refractivity contribution >= 4 is 11.6 Å². The summed E-state index contributed by atoms with van der Waals surface area (Å²) in [6.07, 6.45) is 1.60. The number of benzene rings is 1. The van der Waals surface area contributed by atoms with E-state index in [2.05, 4.69) is 17.2 Å². The first-order chi connectivity index (χ1) is 10.4. The Bertz CT molecular complexity index is 640. The van der Waals surface area contributed by atoms with Crippen molar-refractivity contribution in [1.29, 1.82) is 0 Å².